The van der Waals surface area contributed by atoms with Gasteiger partial charge in [-0.25, -0.2) is 0 Å². The molecule has 0 aromatic heterocycles. The van der Waals surface area contributed by atoms with Gasteiger partial charge in [-0.05, 0) is 42.8 Å². The van der Waals surface area contributed by atoms with Gasteiger partial charge in [0.15, 0.2) is 8.32 Å². The van der Waals surface area contributed by atoms with Crippen LogP contribution in [0, 0.1) is 5.92 Å². The molecule has 0 aliphatic carbocycles. The maximum Gasteiger partial charge on any atom is 0.222 e. The summed E-state index contributed by atoms with van der Waals surface area (Å²) in [6.07, 6.45) is -0.625. The number of benzene rings is 1. The largest absolute Gasteiger partial charge is 0.497 e. The van der Waals surface area contributed by atoms with Gasteiger partial charge in [0.05, 0.1) is 31.8 Å². The highest BCUT2D eigenvalue weighted by Crippen LogP contribution is 2.38. The zero-order valence-electron chi connectivity index (χ0n) is 17.5. The number of ether oxygens (including phenoxy) is 2. The average molecular weight is 382 g/mol. The van der Waals surface area contributed by atoms with Crippen LogP contribution in [0.15, 0.2) is 24.3 Å². The second-order valence-corrected chi connectivity index (χ2v) is 13.2. The number of rotatable bonds is 9. The van der Waals surface area contributed by atoms with Gasteiger partial charge in [-0.15, -0.1) is 0 Å². The van der Waals surface area contributed by atoms with Crippen molar-refractivity contribution in [2.75, 3.05) is 7.11 Å². The maximum absolute atomic E-state index is 11.8. The van der Waals surface area contributed by atoms with E-state index in [-0.39, 0.29) is 23.2 Å². The molecule has 0 bridgehead atoms. The molecule has 0 heterocycles. The first-order valence-corrected chi connectivity index (χ1v) is 12.0. The molecule has 5 nitrogen and oxygen atoms in total. The Morgan fingerprint density at radius 2 is 1.69 bits per heavy atom. The highest BCUT2D eigenvalue weighted by molar-refractivity contribution is 6.74. The molecule has 1 aromatic carbocycles. The third-order valence-electron chi connectivity index (χ3n) is 5.31. The molecule has 0 spiro atoms. The Labute approximate surface area is 159 Å². The zero-order valence-corrected chi connectivity index (χ0v) is 18.5. The number of nitrogens with two attached hydrogens (primary N) is 1. The summed E-state index contributed by atoms with van der Waals surface area (Å²) in [5.41, 5.74) is 6.61. The predicted octanol–water partition coefficient (Wildman–Crippen LogP) is 4.11. The highest BCUT2D eigenvalue weighted by atomic mass is 28.4. The average Bonchev–Trinajstić information content (AvgIpc) is 2.56. The number of methoxy groups -OCH3 is 1. The molecule has 0 unspecified atom stereocenters. The Morgan fingerprint density at radius 1 is 1.15 bits per heavy atom. The van der Waals surface area contributed by atoms with Gasteiger partial charge >= 0.3 is 0 Å². The smallest absolute Gasteiger partial charge is 0.222 e. The predicted molar refractivity (Wildman–Crippen MR) is 108 cm³/mol. The van der Waals surface area contributed by atoms with Crippen molar-refractivity contribution in [3.63, 3.8) is 0 Å². The number of primary amides is 1. The van der Waals surface area contributed by atoms with Crippen LogP contribution < -0.4 is 10.5 Å². The molecule has 3 atom stereocenters. The van der Waals surface area contributed by atoms with E-state index < -0.39 is 14.2 Å². The van der Waals surface area contributed by atoms with E-state index in [1.54, 1.807) is 7.11 Å². The van der Waals surface area contributed by atoms with Crippen molar-refractivity contribution in [2.24, 2.45) is 11.7 Å². The summed E-state index contributed by atoms with van der Waals surface area (Å²) in [5, 5.41) is 0.0400. The van der Waals surface area contributed by atoms with Crippen LogP contribution in [0.25, 0.3) is 0 Å². The summed E-state index contributed by atoms with van der Waals surface area (Å²) in [4.78, 5) is 11.8. The van der Waals surface area contributed by atoms with Gasteiger partial charge in [-0.2, -0.15) is 0 Å². The summed E-state index contributed by atoms with van der Waals surface area (Å²) in [5.74, 6) is 0.0203. The molecule has 1 aromatic rings. The molecular weight excluding hydrogens is 346 g/mol. The zero-order chi connectivity index (χ0) is 20.1. The van der Waals surface area contributed by atoms with Crippen molar-refractivity contribution in [3.05, 3.63) is 29.8 Å². The van der Waals surface area contributed by atoms with Gasteiger partial charge in [0.1, 0.15) is 5.75 Å². The monoisotopic (exact) mass is 381 g/mol. The van der Waals surface area contributed by atoms with Crippen LogP contribution >= 0.6 is 0 Å². The molecule has 0 aliphatic heterocycles. The summed E-state index contributed by atoms with van der Waals surface area (Å²) in [6.45, 7) is 15.1. The number of hydrogen-bond donors (Lipinski definition) is 1. The normalized spacial score (nSPS) is 16.0. The minimum absolute atomic E-state index is 0.0400. The number of carbonyl (C=O) groups excluding carboxylic acids is 1. The van der Waals surface area contributed by atoms with Gasteiger partial charge in [-0.1, -0.05) is 39.8 Å². The number of carbonyl (C=O) groups is 1. The van der Waals surface area contributed by atoms with E-state index in [4.69, 9.17) is 19.6 Å². The van der Waals surface area contributed by atoms with Gasteiger partial charge in [0.25, 0.3) is 0 Å². The van der Waals surface area contributed by atoms with Crippen LogP contribution in [0.1, 0.15) is 40.2 Å². The second-order valence-electron chi connectivity index (χ2n) is 8.40. The molecule has 0 aliphatic rings. The molecule has 2 N–H and O–H groups in total. The fourth-order valence-electron chi connectivity index (χ4n) is 2.33. The Balaban J connectivity index is 2.86. The summed E-state index contributed by atoms with van der Waals surface area (Å²) >= 11 is 0. The van der Waals surface area contributed by atoms with Crippen molar-refractivity contribution in [1.29, 1.82) is 0 Å². The number of amides is 1. The summed E-state index contributed by atoms with van der Waals surface area (Å²) in [6, 6.07) is 7.73. The Kier molecular flexibility index (Phi) is 7.86. The molecule has 1 rings (SSSR count). The molecule has 148 valence electrons. The van der Waals surface area contributed by atoms with Crippen molar-refractivity contribution >= 4 is 14.2 Å². The summed E-state index contributed by atoms with van der Waals surface area (Å²) < 4.78 is 17.7. The van der Waals surface area contributed by atoms with E-state index in [9.17, 15) is 4.79 Å². The molecule has 0 fully saturated rings. The van der Waals surface area contributed by atoms with Gasteiger partial charge < -0.3 is 19.6 Å². The standard InChI is InChI=1S/C20H35NO4Si/c1-14(19(21)22)18(25-26(7,8)20(3,4)5)15(2)24-13-16-9-11-17(23-6)12-10-16/h9-12,14-15,18H,13H2,1-8H3,(H2,21,22)/t14-,15-,18-/m0/s1. The first-order chi connectivity index (χ1) is 11.9. The molecule has 0 saturated carbocycles. The molecule has 26 heavy (non-hydrogen) atoms. The third kappa shape index (κ3) is 6.11. The fourth-order valence-corrected chi connectivity index (χ4v) is 3.76. The van der Waals surface area contributed by atoms with E-state index in [1.807, 2.05) is 38.1 Å². The lowest BCUT2D eigenvalue weighted by Crippen LogP contribution is -2.51. The van der Waals surface area contributed by atoms with Crippen molar-refractivity contribution < 1.29 is 18.7 Å². The lowest BCUT2D eigenvalue weighted by molar-refractivity contribution is -0.128. The first-order valence-electron chi connectivity index (χ1n) is 9.10. The van der Waals surface area contributed by atoms with Crippen LogP contribution in [0.4, 0.5) is 0 Å². The molecular formula is C20H35NO4Si. The van der Waals surface area contributed by atoms with Crippen LogP contribution in [-0.4, -0.2) is 33.5 Å². The Morgan fingerprint density at radius 3 is 2.12 bits per heavy atom. The van der Waals surface area contributed by atoms with Crippen LogP contribution in [0.3, 0.4) is 0 Å². The molecule has 6 heteroatoms. The van der Waals surface area contributed by atoms with Crippen molar-refractivity contribution in [2.45, 2.75) is 71.6 Å². The third-order valence-corrected chi connectivity index (χ3v) is 9.79. The number of hydrogen-bond acceptors (Lipinski definition) is 4. The van der Waals surface area contributed by atoms with E-state index in [1.165, 1.54) is 0 Å². The molecule has 0 radical (unpaired) electrons. The van der Waals surface area contributed by atoms with Gasteiger partial charge in [-0.3, -0.25) is 4.79 Å². The summed E-state index contributed by atoms with van der Waals surface area (Å²) in [7, 11) is -0.424. The topological polar surface area (TPSA) is 70.8 Å². The van der Waals surface area contributed by atoms with Crippen molar-refractivity contribution in [1.82, 2.24) is 0 Å². The lowest BCUT2D eigenvalue weighted by atomic mass is 10.00. The lowest BCUT2D eigenvalue weighted by Gasteiger charge is -2.42. The van der Waals surface area contributed by atoms with Gasteiger partial charge in [0, 0.05) is 0 Å². The van der Waals surface area contributed by atoms with Crippen LogP contribution in [0.2, 0.25) is 18.1 Å². The van der Waals surface area contributed by atoms with E-state index in [0.29, 0.717) is 6.61 Å². The van der Waals surface area contributed by atoms with Gasteiger partial charge in [0.2, 0.25) is 5.91 Å². The van der Waals surface area contributed by atoms with Crippen LogP contribution in [-0.2, 0) is 20.6 Å². The van der Waals surface area contributed by atoms with E-state index in [2.05, 4.69) is 33.9 Å². The maximum atomic E-state index is 11.8. The minimum Gasteiger partial charge on any atom is -0.497 e. The SMILES string of the molecule is COc1ccc(CO[C@@H](C)[C@@H](O[Si](C)(C)C(C)(C)C)[C@H](C)C(N)=O)cc1. The molecule has 1 amide bonds. The molecule has 0 saturated heterocycles. The second kappa shape index (κ2) is 9.02. The highest BCUT2D eigenvalue weighted by Gasteiger charge is 2.42. The first kappa shape index (κ1) is 22.7. The fraction of sp³-hybridized carbons (Fsp3) is 0.650. The Hall–Kier alpha value is -1.37. The Bertz CT molecular complexity index is 580. The quantitative estimate of drug-likeness (QED) is 0.653. The van der Waals surface area contributed by atoms with Crippen LogP contribution in [0.5, 0.6) is 5.75 Å². The minimum atomic E-state index is -2.06. The van der Waals surface area contributed by atoms with E-state index >= 15 is 0 Å². The van der Waals surface area contributed by atoms with Crippen molar-refractivity contribution in [3.8, 4) is 5.75 Å². The van der Waals surface area contributed by atoms with E-state index in [0.717, 1.165) is 11.3 Å².